The molecule has 0 spiro atoms. The summed E-state index contributed by atoms with van der Waals surface area (Å²) in [6, 6.07) is 0. The monoisotopic (exact) mass is 294 g/mol. The van der Waals surface area contributed by atoms with E-state index in [0.29, 0.717) is 0 Å². The van der Waals surface area contributed by atoms with Crippen molar-refractivity contribution in [2.75, 3.05) is 0 Å². The quantitative estimate of drug-likeness (QED) is 0.650. The standard InChI is InChI=1S/C8H8F10/c1-2-3-5(11,12)6(13,4(9)10)7(14,15)8(16,17)18/h4H,2-3H2,1H3. The maximum Gasteiger partial charge on any atom is 0.457 e. The molecule has 0 N–H and O–H groups in total. The highest BCUT2D eigenvalue weighted by atomic mass is 19.4. The molecule has 0 rings (SSSR count). The van der Waals surface area contributed by atoms with Gasteiger partial charge in [0.15, 0.2) is 0 Å². The molecule has 10 heteroatoms. The van der Waals surface area contributed by atoms with Gasteiger partial charge in [-0.25, -0.2) is 22.0 Å². The van der Waals surface area contributed by atoms with Crippen LogP contribution >= 0.6 is 0 Å². The van der Waals surface area contributed by atoms with Gasteiger partial charge in [-0.15, -0.1) is 0 Å². The van der Waals surface area contributed by atoms with Crippen molar-refractivity contribution in [3.8, 4) is 0 Å². The van der Waals surface area contributed by atoms with Crippen molar-refractivity contribution in [1.82, 2.24) is 0 Å². The molecule has 0 amide bonds. The molecular weight excluding hydrogens is 286 g/mol. The second-order valence-corrected chi connectivity index (χ2v) is 3.54. The lowest BCUT2D eigenvalue weighted by atomic mass is 9.87. The van der Waals surface area contributed by atoms with E-state index in [0.717, 1.165) is 6.92 Å². The minimum absolute atomic E-state index is 0.751. The molecule has 18 heavy (non-hydrogen) atoms. The zero-order chi connectivity index (χ0) is 15.0. The van der Waals surface area contributed by atoms with Crippen LogP contribution in [-0.4, -0.2) is 30.1 Å². The van der Waals surface area contributed by atoms with Gasteiger partial charge in [0.2, 0.25) is 0 Å². The average molecular weight is 294 g/mol. The van der Waals surface area contributed by atoms with E-state index in [9.17, 15) is 43.9 Å². The summed E-state index contributed by atoms with van der Waals surface area (Å²) in [4.78, 5) is 0. The largest absolute Gasteiger partial charge is 0.457 e. The minimum Gasteiger partial charge on any atom is -0.223 e. The zero-order valence-corrected chi connectivity index (χ0v) is 8.77. The van der Waals surface area contributed by atoms with Crippen LogP contribution in [0.1, 0.15) is 19.8 Å². The third-order valence-corrected chi connectivity index (χ3v) is 2.21. The van der Waals surface area contributed by atoms with Gasteiger partial charge in [-0.3, -0.25) is 0 Å². The Labute approximate surface area is 94.9 Å². The van der Waals surface area contributed by atoms with Gasteiger partial charge in [-0.1, -0.05) is 13.3 Å². The van der Waals surface area contributed by atoms with Gasteiger partial charge in [-0.2, -0.15) is 22.0 Å². The molecule has 0 radical (unpaired) electrons. The number of alkyl halides is 10. The van der Waals surface area contributed by atoms with E-state index < -0.39 is 43.0 Å². The normalized spacial score (nSPS) is 18.0. The van der Waals surface area contributed by atoms with Crippen molar-refractivity contribution < 1.29 is 43.9 Å². The number of halogens is 10. The van der Waals surface area contributed by atoms with Crippen LogP contribution in [0, 0.1) is 0 Å². The molecule has 0 aliphatic heterocycles. The summed E-state index contributed by atoms with van der Waals surface area (Å²) in [5.74, 6) is -12.4. The molecule has 0 aliphatic rings. The van der Waals surface area contributed by atoms with E-state index in [1.807, 2.05) is 0 Å². The van der Waals surface area contributed by atoms with Crippen molar-refractivity contribution in [3.05, 3.63) is 0 Å². The fraction of sp³-hybridized carbons (Fsp3) is 1.00. The summed E-state index contributed by atoms with van der Waals surface area (Å²) in [5.41, 5.74) is -6.30. The third-order valence-electron chi connectivity index (χ3n) is 2.21. The van der Waals surface area contributed by atoms with Gasteiger partial charge >= 0.3 is 17.8 Å². The fourth-order valence-corrected chi connectivity index (χ4v) is 1.23. The Balaban J connectivity index is 5.84. The van der Waals surface area contributed by atoms with Gasteiger partial charge in [-0.05, 0) is 0 Å². The maximum atomic E-state index is 13.2. The summed E-state index contributed by atoms with van der Waals surface area (Å²) in [5, 5.41) is 0. The van der Waals surface area contributed by atoms with E-state index in [1.54, 1.807) is 0 Å². The van der Waals surface area contributed by atoms with Crippen molar-refractivity contribution in [3.63, 3.8) is 0 Å². The molecule has 0 heterocycles. The van der Waals surface area contributed by atoms with Crippen LogP contribution in [0.4, 0.5) is 43.9 Å². The molecule has 0 aromatic carbocycles. The summed E-state index contributed by atoms with van der Waals surface area (Å²) in [6.45, 7) is 0.894. The lowest BCUT2D eigenvalue weighted by Crippen LogP contribution is -2.67. The lowest BCUT2D eigenvalue weighted by Gasteiger charge is -2.38. The van der Waals surface area contributed by atoms with Gasteiger partial charge in [0.25, 0.3) is 12.3 Å². The molecular formula is C8H8F10. The number of rotatable bonds is 5. The Bertz CT molecular complexity index is 280. The summed E-state index contributed by atoms with van der Waals surface area (Å²) >= 11 is 0. The molecule has 0 bridgehead atoms. The van der Waals surface area contributed by atoms with Crippen LogP contribution in [0.25, 0.3) is 0 Å². The molecule has 0 aliphatic carbocycles. The predicted octanol–water partition coefficient (Wildman–Crippen LogP) is 4.59. The molecule has 0 fully saturated rings. The summed E-state index contributed by atoms with van der Waals surface area (Å²) in [6.07, 6.45) is -14.7. The first-order chi connectivity index (χ1) is 7.75. The van der Waals surface area contributed by atoms with Crippen molar-refractivity contribution >= 4 is 0 Å². The van der Waals surface area contributed by atoms with Crippen LogP contribution in [0.5, 0.6) is 0 Å². The Hall–Kier alpha value is -0.700. The summed E-state index contributed by atoms with van der Waals surface area (Å²) in [7, 11) is 0. The topological polar surface area (TPSA) is 0 Å². The predicted molar refractivity (Wildman–Crippen MR) is 40.7 cm³/mol. The van der Waals surface area contributed by atoms with E-state index >= 15 is 0 Å². The Kier molecular flexibility index (Phi) is 4.58. The average Bonchev–Trinajstić information content (AvgIpc) is 2.13. The molecule has 0 aromatic heterocycles. The summed E-state index contributed by atoms with van der Waals surface area (Å²) < 4.78 is 124. The first-order valence-corrected chi connectivity index (χ1v) is 4.55. The molecule has 0 saturated heterocycles. The van der Waals surface area contributed by atoms with E-state index in [2.05, 4.69) is 0 Å². The molecule has 0 aromatic rings. The highest BCUT2D eigenvalue weighted by molar-refractivity contribution is 5.09. The van der Waals surface area contributed by atoms with Crippen molar-refractivity contribution in [1.29, 1.82) is 0 Å². The number of hydrogen-bond acceptors (Lipinski definition) is 0. The van der Waals surface area contributed by atoms with Crippen LogP contribution < -0.4 is 0 Å². The van der Waals surface area contributed by atoms with Gasteiger partial charge in [0.1, 0.15) is 0 Å². The van der Waals surface area contributed by atoms with Crippen molar-refractivity contribution in [2.24, 2.45) is 0 Å². The van der Waals surface area contributed by atoms with Gasteiger partial charge in [0.05, 0.1) is 0 Å². The van der Waals surface area contributed by atoms with Crippen molar-refractivity contribution in [2.45, 2.75) is 49.9 Å². The lowest BCUT2D eigenvalue weighted by molar-refractivity contribution is -0.382. The maximum absolute atomic E-state index is 13.2. The van der Waals surface area contributed by atoms with Crippen LogP contribution in [-0.2, 0) is 0 Å². The molecule has 1 unspecified atom stereocenters. The molecule has 0 saturated carbocycles. The smallest absolute Gasteiger partial charge is 0.223 e. The molecule has 110 valence electrons. The van der Waals surface area contributed by atoms with E-state index in [4.69, 9.17) is 0 Å². The SMILES string of the molecule is CCCC(F)(F)C(F)(C(F)F)C(F)(F)C(F)(F)F. The first kappa shape index (κ1) is 17.3. The second kappa shape index (κ2) is 4.76. The Morgan fingerprint density at radius 1 is 0.833 bits per heavy atom. The first-order valence-electron chi connectivity index (χ1n) is 4.55. The molecule has 1 atom stereocenters. The van der Waals surface area contributed by atoms with Crippen LogP contribution in [0.3, 0.4) is 0 Å². The second-order valence-electron chi connectivity index (χ2n) is 3.54. The molecule has 0 nitrogen and oxygen atoms in total. The van der Waals surface area contributed by atoms with Gasteiger partial charge in [0, 0.05) is 6.42 Å². The zero-order valence-electron chi connectivity index (χ0n) is 8.77. The fourth-order valence-electron chi connectivity index (χ4n) is 1.23. The highest BCUT2D eigenvalue weighted by Gasteiger charge is 2.83. The highest BCUT2D eigenvalue weighted by Crippen LogP contribution is 2.55. The Morgan fingerprint density at radius 3 is 1.44 bits per heavy atom. The minimum atomic E-state index is -6.87. The van der Waals surface area contributed by atoms with Crippen LogP contribution in [0.15, 0.2) is 0 Å². The van der Waals surface area contributed by atoms with Crippen LogP contribution in [0.2, 0.25) is 0 Å². The Morgan fingerprint density at radius 2 is 1.22 bits per heavy atom. The van der Waals surface area contributed by atoms with E-state index in [-0.39, 0.29) is 0 Å². The van der Waals surface area contributed by atoms with E-state index in [1.165, 1.54) is 0 Å². The third kappa shape index (κ3) is 2.37. The van der Waals surface area contributed by atoms with Gasteiger partial charge < -0.3 is 0 Å². The number of hydrogen-bond donors (Lipinski definition) is 0.